The highest BCUT2D eigenvalue weighted by atomic mass is 127. The number of guanidine groups is 1. The number of halogens is 1. The summed E-state index contributed by atoms with van der Waals surface area (Å²) in [7, 11) is -3.58. The van der Waals surface area contributed by atoms with E-state index in [-0.39, 0.29) is 24.0 Å². The molecule has 2 rings (SSSR count). The molecule has 0 amide bonds. The van der Waals surface area contributed by atoms with Gasteiger partial charge in [-0.3, -0.25) is 0 Å². The van der Waals surface area contributed by atoms with E-state index in [1.807, 2.05) is 39.8 Å². The molecule has 0 saturated carbocycles. The van der Waals surface area contributed by atoms with Gasteiger partial charge in [0.15, 0.2) is 5.96 Å². The largest absolute Gasteiger partial charge is 0.357 e. The lowest BCUT2D eigenvalue weighted by atomic mass is 10.1. The van der Waals surface area contributed by atoms with E-state index in [1.54, 1.807) is 12.1 Å². The van der Waals surface area contributed by atoms with Gasteiger partial charge in [-0.15, -0.1) is 24.0 Å². The molecule has 0 radical (unpaired) electrons. The van der Waals surface area contributed by atoms with Gasteiger partial charge in [-0.2, -0.15) is 0 Å². The summed E-state index contributed by atoms with van der Waals surface area (Å²) in [4.78, 5) is 7.20. The Hall–Kier alpha value is -0.870. The fourth-order valence-electron chi connectivity index (χ4n) is 2.87. The summed E-state index contributed by atoms with van der Waals surface area (Å²) in [5.41, 5.74) is 0.175. The highest BCUT2D eigenvalue weighted by Crippen LogP contribution is 2.19. The van der Waals surface area contributed by atoms with Crippen LogP contribution >= 0.6 is 24.0 Å². The molecule has 2 N–H and O–H groups in total. The highest BCUT2D eigenvalue weighted by Gasteiger charge is 2.24. The van der Waals surface area contributed by atoms with Gasteiger partial charge in [0.1, 0.15) is 0 Å². The molecule has 1 aromatic rings. The number of likely N-dealkylation sites (tertiary alicyclic amines) is 1. The summed E-state index contributed by atoms with van der Waals surface area (Å²) in [6, 6.07) is 7.07. The SMILES string of the molecule is CCNC(=NCc1ccccc1S(=O)(=O)NC(C)(C)C)N1CCCC1.I. The molecule has 0 atom stereocenters. The van der Waals surface area contributed by atoms with Gasteiger partial charge < -0.3 is 10.2 Å². The smallest absolute Gasteiger partial charge is 0.241 e. The summed E-state index contributed by atoms with van der Waals surface area (Å²) >= 11 is 0. The van der Waals surface area contributed by atoms with E-state index in [2.05, 4.69) is 19.9 Å². The van der Waals surface area contributed by atoms with Crippen LogP contribution in [0.5, 0.6) is 0 Å². The third-order valence-corrected chi connectivity index (χ3v) is 5.70. The van der Waals surface area contributed by atoms with Crippen molar-refractivity contribution in [1.29, 1.82) is 0 Å². The van der Waals surface area contributed by atoms with E-state index in [1.165, 1.54) is 12.8 Å². The Morgan fingerprint density at radius 1 is 1.19 bits per heavy atom. The molecular weight excluding hydrogens is 463 g/mol. The number of hydrogen-bond acceptors (Lipinski definition) is 3. The molecule has 148 valence electrons. The normalized spacial score (nSPS) is 15.7. The Balaban J connectivity index is 0.00000338. The number of sulfonamides is 1. The minimum Gasteiger partial charge on any atom is -0.357 e. The third-order valence-electron chi connectivity index (χ3n) is 3.84. The van der Waals surface area contributed by atoms with Gasteiger partial charge in [-0.25, -0.2) is 18.1 Å². The Kier molecular flexibility index (Phi) is 8.81. The number of aliphatic imine (C=N–C) groups is 1. The maximum absolute atomic E-state index is 12.7. The predicted molar refractivity (Wildman–Crippen MR) is 118 cm³/mol. The van der Waals surface area contributed by atoms with Crippen LogP contribution in [0.1, 0.15) is 46.1 Å². The van der Waals surface area contributed by atoms with E-state index in [4.69, 9.17) is 0 Å². The third kappa shape index (κ3) is 6.70. The first kappa shape index (κ1) is 23.2. The second kappa shape index (κ2) is 9.89. The molecule has 1 heterocycles. The lowest BCUT2D eigenvalue weighted by Crippen LogP contribution is -2.41. The van der Waals surface area contributed by atoms with Crippen molar-refractivity contribution >= 4 is 40.0 Å². The molecule has 0 bridgehead atoms. The summed E-state index contributed by atoms with van der Waals surface area (Å²) < 4.78 is 28.1. The van der Waals surface area contributed by atoms with E-state index in [9.17, 15) is 8.42 Å². The second-order valence-corrected chi connectivity index (χ2v) is 8.98. The van der Waals surface area contributed by atoms with Crippen molar-refractivity contribution in [3.05, 3.63) is 29.8 Å². The lowest BCUT2D eigenvalue weighted by Gasteiger charge is -2.22. The number of nitrogens with one attached hydrogen (secondary N) is 2. The van der Waals surface area contributed by atoms with Crippen LogP contribution in [0.25, 0.3) is 0 Å². The molecule has 1 aromatic carbocycles. The first-order valence-electron chi connectivity index (χ1n) is 8.88. The fraction of sp³-hybridized carbons (Fsp3) is 0.611. The van der Waals surface area contributed by atoms with Crippen molar-refractivity contribution in [1.82, 2.24) is 14.9 Å². The quantitative estimate of drug-likeness (QED) is 0.375. The monoisotopic (exact) mass is 494 g/mol. The zero-order chi connectivity index (χ0) is 18.5. The van der Waals surface area contributed by atoms with Crippen LogP contribution in [0.15, 0.2) is 34.2 Å². The fourth-order valence-corrected chi connectivity index (χ4v) is 4.52. The Bertz CT molecular complexity index is 708. The molecule has 1 fully saturated rings. The summed E-state index contributed by atoms with van der Waals surface area (Å²) in [6.45, 7) is 10.7. The number of hydrogen-bond donors (Lipinski definition) is 2. The van der Waals surface area contributed by atoms with Crippen LogP contribution in [0.2, 0.25) is 0 Å². The molecule has 8 heteroatoms. The number of rotatable bonds is 5. The van der Waals surface area contributed by atoms with Gasteiger partial charge >= 0.3 is 0 Å². The van der Waals surface area contributed by atoms with Crippen LogP contribution in [0.3, 0.4) is 0 Å². The summed E-state index contributed by atoms with van der Waals surface area (Å²) in [5, 5.41) is 3.30. The second-order valence-electron chi connectivity index (χ2n) is 7.33. The van der Waals surface area contributed by atoms with Crippen molar-refractivity contribution < 1.29 is 8.42 Å². The minimum atomic E-state index is -3.58. The van der Waals surface area contributed by atoms with E-state index in [0.29, 0.717) is 17.0 Å². The molecule has 0 aromatic heterocycles. The molecule has 1 aliphatic rings. The van der Waals surface area contributed by atoms with Gasteiger partial charge in [-0.05, 0) is 52.2 Å². The van der Waals surface area contributed by atoms with Crippen molar-refractivity contribution in [3.63, 3.8) is 0 Å². The van der Waals surface area contributed by atoms with Crippen LogP contribution < -0.4 is 10.0 Å². The van der Waals surface area contributed by atoms with Crippen molar-refractivity contribution in [2.24, 2.45) is 4.99 Å². The topological polar surface area (TPSA) is 73.8 Å². The van der Waals surface area contributed by atoms with Gasteiger partial charge in [-0.1, -0.05) is 18.2 Å². The van der Waals surface area contributed by atoms with Crippen molar-refractivity contribution in [2.45, 2.75) is 57.5 Å². The molecule has 6 nitrogen and oxygen atoms in total. The number of benzene rings is 1. The molecule has 1 aliphatic heterocycles. The maximum atomic E-state index is 12.7. The molecule has 26 heavy (non-hydrogen) atoms. The lowest BCUT2D eigenvalue weighted by molar-refractivity contribution is 0.489. The zero-order valence-electron chi connectivity index (χ0n) is 16.1. The standard InChI is InChI=1S/C18H30N4O2S.HI/c1-5-19-17(22-12-8-9-13-22)20-14-15-10-6-7-11-16(15)25(23,24)21-18(2,3)4;/h6-7,10-11,21H,5,8-9,12-14H2,1-4H3,(H,19,20);1H. The Labute approximate surface area is 174 Å². The first-order chi connectivity index (χ1) is 11.7. The van der Waals surface area contributed by atoms with Crippen LogP contribution in [-0.2, 0) is 16.6 Å². The van der Waals surface area contributed by atoms with Crippen LogP contribution in [-0.4, -0.2) is 44.5 Å². The predicted octanol–water partition coefficient (Wildman–Crippen LogP) is 2.94. The van der Waals surface area contributed by atoms with Crippen molar-refractivity contribution in [3.8, 4) is 0 Å². The van der Waals surface area contributed by atoms with Crippen LogP contribution in [0, 0.1) is 0 Å². The number of nitrogens with zero attached hydrogens (tertiary/aromatic N) is 2. The Morgan fingerprint density at radius 3 is 2.38 bits per heavy atom. The average Bonchev–Trinajstić information content (AvgIpc) is 3.03. The van der Waals surface area contributed by atoms with Crippen LogP contribution in [0.4, 0.5) is 0 Å². The molecular formula is C18H31IN4O2S. The van der Waals surface area contributed by atoms with Gasteiger partial charge in [0.25, 0.3) is 0 Å². The van der Waals surface area contributed by atoms with E-state index >= 15 is 0 Å². The highest BCUT2D eigenvalue weighted by molar-refractivity contribution is 14.0. The Morgan fingerprint density at radius 2 is 1.81 bits per heavy atom. The zero-order valence-corrected chi connectivity index (χ0v) is 19.2. The van der Waals surface area contributed by atoms with E-state index in [0.717, 1.165) is 25.6 Å². The molecule has 0 unspecified atom stereocenters. The van der Waals surface area contributed by atoms with Gasteiger partial charge in [0, 0.05) is 25.2 Å². The molecule has 1 saturated heterocycles. The first-order valence-corrected chi connectivity index (χ1v) is 10.4. The molecule has 0 spiro atoms. The van der Waals surface area contributed by atoms with Crippen molar-refractivity contribution in [2.75, 3.05) is 19.6 Å². The summed E-state index contributed by atoms with van der Waals surface area (Å²) in [6.07, 6.45) is 2.34. The minimum absolute atomic E-state index is 0. The van der Waals surface area contributed by atoms with Gasteiger partial charge in [0.2, 0.25) is 10.0 Å². The van der Waals surface area contributed by atoms with E-state index < -0.39 is 15.6 Å². The maximum Gasteiger partial charge on any atom is 0.241 e. The average molecular weight is 494 g/mol. The van der Waals surface area contributed by atoms with Gasteiger partial charge in [0.05, 0.1) is 11.4 Å². The summed E-state index contributed by atoms with van der Waals surface area (Å²) in [5.74, 6) is 0.857. The molecule has 0 aliphatic carbocycles.